The van der Waals surface area contributed by atoms with Crippen LogP contribution >= 0.6 is 0 Å². The van der Waals surface area contributed by atoms with Crippen molar-refractivity contribution in [2.75, 3.05) is 0 Å². The van der Waals surface area contributed by atoms with E-state index in [0.29, 0.717) is 6.54 Å². The Morgan fingerprint density at radius 2 is 1.90 bits per heavy atom. The number of aryl methyl sites for hydroxylation is 3. The van der Waals surface area contributed by atoms with Crippen molar-refractivity contribution in [1.82, 2.24) is 9.78 Å². The molecule has 0 atom stereocenters. The standard InChI is InChI=1S/C15H16F2N2O/c1-4-19-11(6-10(3)18-19)7-15(20)12-5-9(2)13(16)8-14(12)17/h5-6,8H,4,7H2,1-3H3. The van der Waals surface area contributed by atoms with Crippen molar-refractivity contribution in [3.05, 3.63) is 52.3 Å². The van der Waals surface area contributed by atoms with Gasteiger partial charge in [0.2, 0.25) is 0 Å². The SMILES string of the molecule is CCn1nc(C)cc1CC(=O)c1cc(C)c(F)cc1F. The average molecular weight is 278 g/mol. The van der Waals surface area contributed by atoms with E-state index < -0.39 is 11.6 Å². The van der Waals surface area contributed by atoms with Crippen molar-refractivity contribution in [3.8, 4) is 0 Å². The minimum atomic E-state index is -0.822. The third-order valence-electron chi connectivity index (χ3n) is 3.18. The van der Waals surface area contributed by atoms with Crippen molar-refractivity contribution in [2.45, 2.75) is 33.7 Å². The molecule has 0 saturated carbocycles. The third-order valence-corrected chi connectivity index (χ3v) is 3.18. The molecule has 0 amide bonds. The number of nitrogens with zero attached hydrogens (tertiary/aromatic N) is 2. The highest BCUT2D eigenvalue weighted by Crippen LogP contribution is 2.17. The number of Topliss-reactive ketones (excluding diaryl/α,β-unsaturated/α-hetero) is 1. The number of carbonyl (C=O) groups excluding carboxylic acids is 1. The van der Waals surface area contributed by atoms with Gasteiger partial charge in [0, 0.05) is 18.3 Å². The summed E-state index contributed by atoms with van der Waals surface area (Å²) in [5.74, 6) is -1.84. The van der Waals surface area contributed by atoms with E-state index in [0.717, 1.165) is 17.5 Å². The first kappa shape index (κ1) is 14.4. The van der Waals surface area contributed by atoms with E-state index >= 15 is 0 Å². The average Bonchev–Trinajstić information content (AvgIpc) is 2.73. The van der Waals surface area contributed by atoms with Gasteiger partial charge in [-0.3, -0.25) is 9.48 Å². The van der Waals surface area contributed by atoms with Gasteiger partial charge in [0.1, 0.15) is 11.6 Å². The van der Waals surface area contributed by atoms with Crippen LogP contribution in [0, 0.1) is 25.5 Å². The molecule has 5 heteroatoms. The molecule has 0 aliphatic rings. The third kappa shape index (κ3) is 2.76. The van der Waals surface area contributed by atoms with Gasteiger partial charge >= 0.3 is 0 Å². The molecule has 106 valence electrons. The Morgan fingerprint density at radius 1 is 1.20 bits per heavy atom. The van der Waals surface area contributed by atoms with Gasteiger partial charge in [-0.1, -0.05) is 0 Å². The number of halogens is 2. The van der Waals surface area contributed by atoms with Crippen LogP contribution in [0.4, 0.5) is 8.78 Å². The molecule has 0 aliphatic carbocycles. The summed E-state index contributed by atoms with van der Waals surface area (Å²) in [7, 11) is 0. The zero-order valence-corrected chi connectivity index (χ0v) is 11.7. The fourth-order valence-electron chi connectivity index (χ4n) is 2.15. The van der Waals surface area contributed by atoms with Crippen LogP contribution in [0.3, 0.4) is 0 Å². The molecule has 0 aliphatic heterocycles. The number of rotatable bonds is 4. The summed E-state index contributed by atoms with van der Waals surface area (Å²) < 4.78 is 28.6. The molecule has 0 N–H and O–H groups in total. The van der Waals surface area contributed by atoms with Crippen molar-refractivity contribution in [3.63, 3.8) is 0 Å². The van der Waals surface area contributed by atoms with Crippen molar-refractivity contribution >= 4 is 5.78 Å². The van der Waals surface area contributed by atoms with Gasteiger partial charge in [-0.05, 0) is 38.5 Å². The smallest absolute Gasteiger partial charge is 0.171 e. The molecule has 20 heavy (non-hydrogen) atoms. The van der Waals surface area contributed by atoms with Gasteiger partial charge in [0.15, 0.2) is 5.78 Å². The lowest BCUT2D eigenvalue weighted by molar-refractivity contribution is 0.0986. The Kier molecular flexibility index (Phi) is 3.97. The summed E-state index contributed by atoms with van der Waals surface area (Å²) in [6, 6.07) is 3.81. The van der Waals surface area contributed by atoms with Crippen molar-refractivity contribution in [2.24, 2.45) is 0 Å². The molecule has 2 rings (SSSR count). The lowest BCUT2D eigenvalue weighted by atomic mass is 10.0. The second-order valence-corrected chi connectivity index (χ2v) is 4.77. The quantitative estimate of drug-likeness (QED) is 0.805. The molecule has 1 heterocycles. The lowest BCUT2D eigenvalue weighted by Crippen LogP contribution is -2.11. The van der Waals surface area contributed by atoms with Crippen LogP contribution in [-0.2, 0) is 13.0 Å². The molecular formula is C15H16F2N2O. The topological polar surface area (TPSA) is 34.9 Å². The Balaban J connectivity index is 2.30. The van der Waals surface area contributed by atoms with E-state index in [1.165, 1.54) is 13.0 Å². The zero-order valence-electron chi connectivity index (χ0n) is 11.7. The summed E-state index contributed by atoms with van der Waals surface area (Å²) in [6.07, 6.45) is 0.0523. The molecule has 0 spiro atoms. The van der Waals surface area contributed by atoms with Gasteiger partial charge in [-0.2, -0.15) is 5.10 Å². The van der Waals surface area contributed by atoms with Gasteiger partial charge in [-0.15, -0.1) is 0 Å². The van der Waals surface area contributed by atoms with Gasteiger partial charge in [0.05, 0.1) is 17.7 Å². The van der Waals surface area contributed by atoms with Crippen LogP contribution in [0.15, 0.2) is 18.2 Å². The van der Waals surface area contributed by atoms with Crippen LogP contribution in [0.2, 0.25) is 0 Å². The molecule has 0 fully saturated rings. The Hall–Kier alpha value is -2.04. The molecule has 0 saturated heterocycles. The van der Waals surface area contributed by atoms with E-state index in [1.807, 2.05) is 13.8 Å². The predicted molar refractivity (Wildman–Crippen MR) is 71.8 cm³/mol. The predicted octanol–water partition coefficient (Wildman–Crippen LogP) is 3.22. The van der Waals surface area contributed by atoms with Crippen LogP contribution in [0.1, 0.15) is 34.2 Å². The van der Waals surface area contributed by atoms with Crippen molar-refractivity contribution in [1.29, 1.82) is 0 Å². The molecule has 3 nitrogen and oxygen atoms in total. The molecule has 2 aromatic rings. The summed E-state index contributed by atoms with van der Waals surface area (Å²) in [5.41, 5.74) is 1.72. The maximum atomic E-state index is 13.7. The van der Waals surface area contributed by atoms with Gasteiger partial charge < -0.3 is 0 Å². The van der Waals surface area contributed by atoms with Crippen LogP contribution in [0.25, 0.3) is 0 Å². The van der Waals surface area contributed by atoms with Crippen LogP contribution < -0.4 is 0 Å². The number of benzene rings is 1. The maximum Gasteiger partial charge on any atom is 0.171 e. The minimum Gasteiger partial charge on any atom is -0.294 e. The fraction of sp³-hybridized carbons (Fsp3) is 0.333. The number of ketones is 1. The minimum absolute atomic E-state index is 0.0523. The number of carbonyl (C=O) groups is 1. The van der Waals surface area contributed by atoms with E-state index in [-0.39, 0.29) is 23.3 Å². The molecule has 0 unspecified atom stereocenters. The first-order valence-corrected chi connectivity index (χ1v) is 6.44. The number of aromatic nitrogens is 2. The highest BCUT2D eigenvalue weighted by molar-refractivity contribution is 5.97. The largest absolute Gasteiger partial charge is 0.294 e. The van der Waals surface area contributed by atoms with Gasteiger partial charge in [-0.25, -0.2) is 8.78 Å². The highest BCUT2D eigenvalue weighted by atomic mass is 19.1. The van der Waals surface area contributed by atoms with E-state index in [2.05, 4.69) is 5.10 Å². The Bertz CT molecular complexity index is 662. The molecule has 0 bridgehead atoms. The summed E-state index contributed by atoms with van der Waals surface area (Å²) in [4.78, 5) is 12.2. The zero-order chi connectivity index (χ0) is 14.9. The van der Waals surface area contributed by atoms with E-state index in [1.54, 1.807) is 10.7 Å². The number of hydrogen-bond acceptors (Lipinski definition) is 2. The van der Waals surface area contributed by atoms with Crippen LogP contribution in [-0.4, -0.2) is 15.6 Å². The van der Waals surface area contributed by atoms with E-state index in [4.69, 9.17) is 0 Å². The number of hydrogen-bond donors (Lipinski definition) is 0. The normalized spacial score (nSPS) is 10.8. The van der Waals surface area contributed by atoms with Crippen LogP contribution in [0.5, 0.6) is 0 Å². The molecular weight excluding hydrogens is 262 g/mol. The highest BCUT2D eigenvalue weighted by Gasteiger charge is 2.17. The monoisotopic (exact) mass is 278 g/mol. The summed E-state index contributed by atoms with van der Waals surface area (Å²) in [5, 5.41) is 4.24. The van der Waals surface area contributed by atoms with Crippen molar-refractivity contribution < 1.29 is 13.6 Å². The van der Waals surface area contributed by atoms with Gasteiger partial charge in [0.25, 0.3) is 0 Å². The lowest BCUT2D eigenvalue weighted by Gasteiger charge is -2.06. The first-order chi connectivity index (χ1) is 9.42. The fourth-order valence-corrected chi connectivity index (χ4v) is 2.15. The Morgan fingerprint density at radius 3 is 2.55 bits per heavy atom. The second kappa shape index (κ2) is 5.53. The molecule has 0 radical (unpaired) electrons. The maximum absolute atomic E-state index is 13.7. The molecule has 1 aromatic heterocycles. The Labute approximate surface area is 116 Å². The second-order valence-electron chi connectivity index (χ2n) is 4.77. The summed E-state index contributed by atoms with van der Waals surface area (Å²) in [6.45, 7) is 5.90. The van der Waals surface area contributed by atoms with E-state index in [9.17, 15) is 13.6 Å². The summed E-state index contributed by atoms with van der Waals surface area (Å²) >= 11 is 0. The first-order valence-electron chi connectivity index (χ1n) is 6.44. The molecule has 1 aromatic carbocycles.